The van der Waals surface area contributed by atoms with Gasteiger partial charge in [-0.2, -0.15) is 0 Å². The van der Waals surface area contributed by atoms with Crippen molar-refractivity contribution in [2.75, 3.05) is 0 Å². The molecule has 0 aromatic rings. The molecule has 0 fully saturated rings. The Labute approximate surface area is 112 Å². The van der Waals surface area contributed by atoms with Crippen molar-refractivity contribution in [2.24, 2.45) is 0 Å². The van der Waals surface area contributed by atoms with Crippen LogP contribution in [0.15, 0.2) is 44.7 Å². The van der Waals surface area contributed by atoms with E-state index in [2.05, 4.69) is 50.8 Å². The first kappa shape index (κ1) is 13.1. The predicted octanol–water partition coefficient (Wildman–Crippen LogP) is 4.78. The molecular weight excluding hydrogens is 267 g/mol. The van der Waals surface area contributed by atoms with E-state index in [9.17, 15) is 0 Å². The summed E-state index contributed by atoms with van der Waals surface area (Å²) in [5.41, 5.74) is 0. The molecule has 0 aromatic heterocycles. The molecule has 96 valence electrons. The van der Waals surface area contributed by atoms with Gasteiger partial charge in [0.2, 0.25) is 0 Å². The zero-order chi connectivity index (χ0) is 12.3. The van der Waals surface area contributed by atoms with Crippen LogP contribution in [0.3, 0.4) is 0 Å². The molecule has 0 amide bonds. The van der Waals surface area contributed by atoms with Crippen LogP contribution in [0, 0.1) is 0 Å². The normalized spacial score (nSPS) is 19.6. The first-order valence-electron chi connectivity index (χ1n) is 6.54. The van der Waals surface area contributed by atoms with Gasteiger partial charge in [-0.3, -0.25) is 0 Å². The van der Waals surface area contributed by atoms with Crippen molar-refractivity contribution < 1.29 is 14.4 Å². The van der Waals surface area contributed by atoms with Crippen LogP contribution in [0.1, 0.15) is 26.7 Å². The van der Waals surface area contributed by atoms with E-state index in [1.54, 1.807) is 9.74 Å². The molecule has 0 N–H and O–H groups in total. The van der Waals surface area contributed by atoms with Crippen molar-refractivity contribution in [3.05, 3.63) is 44.7 Å². The summed E-state index contributed by atoms with van der Waals surface area (Å²) in [5, 5.41) is 1.73. The minimum atomic E-state index is -1.17. The second-order valence-electron chi connectivity index (χ2n) is 4.94. The Hall–Kier alpha value is -0.330. The third-order valence-electron chi connectivity index (χ3n) is 3.96. The molecule has 0 aliphatic heterocycles. The summed E-state index contributed by atoms with van der Waals surface area (Å²) in [6.07, 6.45) is 13.8. The van der Waals surface area contributed by atoms with Crippen LogP contribution < -0.4 is 0 Å². The summed E-state index contributed by atoms with van der Waals surface area (Å²) in [6, 6.07) is 2.74. The van der Waals surface area contributed by atoms with E-state index >= 15 is 0 Å². The topological polar surface area (TPSA) is 0 Å². The first-order valence-corrected chi connectivity index (χ1v) is 10.4. The summed E-state index contributed by atoms with van der Waals surface area (Å²) in [7, 11) is -1.17. The Bertz CT molecular complexity index is 409. The Morgan fingerprint density at radius 1 is 1.18 bits per heavy atom. The van der Waals surface area contributed by atoms with E-state index < -0.39 is 8.07 Å². The van der Waals surface area contributed by atoms with E-state index in [0.29, 0.717) is 0 Å². The Balaban J connectivity index is 2.19. The summed E-state index contributed by atoms with van der Waals surface area (Å²) in [6.45, 7) is 7.29. The van der Waals surface area contributed by atoms with Gasteiger partial charge in [-0.15, -0.1) is 0 Å². The maximum atomic E-state index is 2.54. The van der Waals surface area contributed by atoms with E-state index in [1.807, 2.05) is 14.4 Å². The van der Waals surface area contributed by atoms with Crippen molar-refractivity contribution in [3.63, 3.8) is 0 Å². The third kappa shape index (κ3) is 2.74. The molecule has 0 bridgehead atoms. The van der Waals surface area contributed by atoms with Gasteiger partial charge in [-0.05, 0) is 0 Å². The number of hydrogen-bond acceptors (Lipinski definition) is 0. The van der Waals surface area contributed by atoms with Crippen molar-refractivity contribution in [2.45, 2.75) is 45.3 Å². The summed E-state index contributed by atoms with van der Waals surface area (Å²) >= 11 is 1.83. The standard InChI is InChI=1S/C10H17Si.C5H5.Ni/c1-4-11(3,5-2)10-8-6-7-9-10;1-2-4-5-3-1;/h6,8H,4-5,7H2,1-3H3;1-3H,4H2;. The Morgan fingerprint density at radius 3 is 2.53 bits per heavy atom. The molecule has 0 radical (unpaired) electrons. The number of hydrogen-bond donors (Lipinski definition) is 0. The first-order chi connectivity index (χ1) is 8.19. The molecule has 0 saturated carbocycles. The molecule has 0 saturated heterocycles. The van der Waals surface area contributed by atoms with Crippen LogP contribution in [0.5, 0.6) is 0 Å². The van der Waals surface area contributed by atoms with Crippen LogP contribution in [-0.4, -0.2) is 8.07 Å². The zero-order valence-electron chi connectivity index (χ0n) is 11.0. The van der Waals surface area contributed by atoms with Crippen molar-refractivity contribution in [1.29, 1.82) is 0 Å². The number of allylic oxidation sites excluding steroid dienone is 8. The van der Waals surface area contributed by atoms with Gasteiger partial charge in [-0.25, -0.2) is 0 Å². The molecule has 2 rings (SSSR count). The summed E-state index contributed by atoms with van der Waals surface area (Å²) in [5.74, 6) is 0. The SMILES string of the molecule is CC[Si](C)(CC)C1=[C]([Ni][C]2=CC=CC2)CC=C1. The van der Waals surface area contributed by atoms with E-state index in [1.165, 1.54) is 23.1 Å². The van der Waals surface area contributed by atoms with E-state index in [-0.39, 0.29) is 0 Å². The third-order valence-corrected chi connectivity index (χ3v) is 10.5. The fourth-order valence-electron chi connectivity index (χ4n) is 2.27. The van der Waals surface area contributed by atoms with Gasteiger partial charge in [0.05, 0.1) is 0 Å². The van der Waals surface area contributed by atoms with Gasteiger partial charge < -0.3 is 0 Å². The van der Waals surface area contributed by atoms with Crippen molar-refractivity contribution in [3.8, 4) is 0 Å². The second kappa shape index (κ2) is 5.54. The predicted molar refractivity (Wildman–Crippen MR) is 75.2 cm³/mol. The molecule has 0 atom stereocenters. The van der Waals surface area contributed by atoms with Crippen LogP contribution in [-0.2, 0) is 14.4 Å². The van der Waals surface area contributed by atoms with Gasteiger partial charge in [-0.1, -0.05) is 0 Å². The molecule has 0 heterocycles. The molecule has 2 aliphatic rings. The molecular formula is C15H22NiSi. The molecule has 0 nitrogen and oxygen atoms in total. The number of rotatable bonds is 5. The van der Waals surface area contributed by atoms with Gasteiger partial charge >= 0.3 is 112 Å². The molecule has 2 aliphatic carbocycles. The summed E-state index contributed by atoms with van der Waals surface area (Å²) < 4.78 is 3.20. The van der Waals surface area contributed by atoms with Crippen LogP contribution in [0.4, 0.5) is 0 Å². The van der Waals surface area contributed by atoms with Gasteiger partial charge in [0, 0.05) is 0 Å². The fraction of sp³-hybridized carbons (Fsp3) is 0.467. The Morgan fingerprint density at radius 2 is 1.94 bits per heavy atom. The van der Waals surface area contributed by atoms with Gasteiger partial charge in [0.25, 0.3) is 0 Å². The molecule has 0 unspecified atom stereocenters. The molecule has 2 heteroatoms. The van der Waals surface area contributed by atoms with Gasteiger partial charge in [0.15, 0.2) is 0 Å². The van der Waals surface area contributed by atoms with E-state index in [0.717, 1.165) is 6.42 Å². The monoisotopic (exact) mass is 288 g/mol. The average Bonchev–Trinajstić information content (AvgIpc) is 3.00. The second-order valence-corrected chi connectivity index (χ2v) is 11.5. The van der Waals surface area contributed by atoms with Crippen molar-refractivity contribution in [1.82, 2.24) is 0 Å². The van der Waals surface area contributed by atoms with Crippen LogP contribution >= 0.6 is 0 Å². The molecule has 0 aromatic carbocycles. The fourth-order valence-corrected chi connectivity index (χ4v) is 7.04. The van der Waals surface area contributed by atoms with Crippen LogP contribution in [0.25, 0.3) is 0 Å². The average molecular weight is 289 g/mol. The van der Waals surface area contributed by atoms with Crippen molar-refractivity contribution >= 4 is 8.07 Å². The minimum absolute atomic E-state index is 1.15. The molecule has 0 spiro atoms. The van der Waals surface area contributed by atoms with Crippen LogP contribution in [0.2, 0.25) is 18.6 Å². The summed E-state index contributed by atoms with van der Waals surface area (Å²) in [4.78, 5) is 0. The quantitative estimate of drug-likeness (QED) is 0.639. The Kier molecular flexibility index (Phi) is 4.27. The van der Waals surface area contributed by atoms with E-state index in [4.69, 9.17) is 0 Å². The zero-order valence-corrected chi connectivity index (χ0v) is 13.0. The molecule has 17 heavy (non-hydrogen) atoms. The van der Waals surface area contributed by atoms with Gasteiger partial charge in [0.1, 0.15) is 0 Å². The maximum absolute atomic E-state index is 2.54.